The van der Waals surface area contributed by atoms with Gasteiger partial charge < -0.3 is 9.26 Å². The van der Waals surface area contributed by atoms with Crippen LogP contribution < -0.4 is 15.8 Å². The van der Waals surface area contributed by atoms with Crippen LogP contribution in [0.3, 0.4) is 0 Å². The van der Waals surface area contributed by atoms with E-state index in [0.717, 1.165) is 9.04 Å². The van der Waals surface area contributed by atoms with Gasteiger partial charge in [-0.1, -0.05) is 21.0 Å². The molecule has 2 N–H and O–H groups in total. The number of aromatic amines is 1. The Labute approximate surface area is 177 Å². The third kappa shape index (κ3) is 5.39. The van der Waals surface area contributed by atoms with E-state index in [9.17, 15) is 19.0 Å². The van der Waals surface area contributed by atoms with Crippen molar-refractivity contribution in [1.29, 1.82) is 0 Å². The van der Waals surface area contributed by atoms with Crippen LogP contribution in [0.2, 0.25) is 0 Å². The van der Waals surface area contributed by atoms with Crippen LogP contribution in [0.5, 0.6) is 5.75 Å². The first-order valence-electron chi connectivity index (χ1n) is 8.63. The Hall–Kier alpha value is -2.40. The quantitative estimate of drug-likeness (QED) is 0.254. The van der Waals surface area contributed by atoms with Crippen LogP contribution >= 0.6 is 23.8 Å². The van der Waals surface area contributed by atoms with Gasteiger partial charge in [-0.2, -0.15) is 0 Å². The van der Waals surface area contributed by atoms with Gasteiger partial charge in [-0.05, 0) is 36.7 Å². The minimum absolute atomic E-state index is 0.104. The first-order chi connectivity index (χ1) is 14.2. The van der Waals surface area contributed by atoms with Gasteiger partial charge in [-0.15, -0.1) is 0 Å². The van der Waals surface area contributed by atoms with Gasteiger partial charge in [-0.3, -0.25) is 23.8 Å². The molecule has 0 spiro atoms. The Bertz CT molecular complexity index is 1130. The Kier molecular flexibility index (Phi) is 6.81. The summed E-state index contributed by atoms with van der Waals surface area (Å²) in [5, 5.41) is 3.62. The molecule has 0 aliphatic carbocycles. The van der Waals surface area contributed by atoms with Gasteiger partial charge >= 0.3 is 13.5 Å². The second-order valence-corrected chi connectivity index (χ2v) is 8.72. The molecule has 0 amide bonds. The number of hydrogen-bond donors (Lipinski definition) is 2. The fraction of sp³-hybridized carbons (Fsp3) is 0.375. The summed E-state index contributed by atoms with van der Waals surface area (Å²) < 4.78 is 29.8. The molecule has 1 aromatic heterocycles. The van der Waals surface area contributed by atoms with Gasteiger partial charge in [0.25, 0.3) is 5.56 Å². The fourth-order valence-corrected chi connectivity index (χ4v) is 3.89. The van der Waals surface area contributed by atoms with Crippen molar-refractivity contribution < 1.29 is 23.2 Å². The van der Waals surface area contributed by atoms with E-state index in [4.69, 9.17) is 19.3 Å². The van der Waals surface area contributed by atoms with Crippen molar-refractivity contribution in [1.82, 2.24) is 9.55 Å². The van der Waals surface area contributed by atoms with Crippen molar-refractivity contribution in [2.75, 3.05) is 6.61 Å². The minimum Gasteiger partial charge on any atom is -0.404 e. The van der Waals surface area contributed by atoms with E-state index in [1.807, 2.05) is 0 Å². The molecule has 1 aliphatic heterocycles. The Morgan fingerprint density at radius 2 is 2.13 bits per heavy atom. The highest BCUT2D eigenvalue weighted by molar-refractivity contribution is 9.10. The molecule has 4 atom stereocenters. The second-order valence-electron chi connectivity index (χ2n) is 6.43. The number of phosphoric ester groups is 1. The summed E-state index contributed by atoms with van der Waals surface area (Å²) in [5.41, 5.74) is 7.87. The number of H-pyrrole nitrogens is 1. The first kappa shape index (κ1) is 22.3. The first-order valence-corrected chi connectivity index (χ1v) is 10.9. The summed E-state index contributed by atoms with van der Waals surface area (Å²) in [6.45, 7) is 1.10. The highest BCUT2D eigenvalue weighted by Gasteiger charge is 2.38. The molecular formula is C16H17BrN5O7P. The standard InChI is InChI=1S/C16H17BrN5O7P/c1-9-7-22(16(24)19-15(9)23)14-6-12(20-21-18)13(28-14)8-27-30(25,26)29-11-4-2-10(17)3-5-11/h2-5,7,12-14H,6,8H2,1H3,(H,25,26)(H,19,23,24)/t12?,13-,14-/m1/s1. The summed E-state index contributed by atoms with van der Waals surface area (Å²) in [5.74, 6) is 0.121. The molecule has 3 rings (SSSR count). The SMILES string of the molecule is Cc1cn([C@H]2CC(N=[N+]=[N-])[C@@H](COP(=O)(O)Oc3ccc(Br)cc3)O2)c(=O)[nH]c1=O. The monoisotopic (exact) mass is 501 g/mol. The third-order valence-electron chi connectivity index (χ3n) is 4.30. The maximum absolute atomic E-state index is 12.2. The van der Waals surface area contributed by atoms with Crippen LogP contribution in [0, 0.1) is 6.92 Å². The largest absolute Gasteiger partial charge is 0.527 e. The van der Waals surface area contributed by atoms with Crippen LogP contribution in [0.15, 0.2) is 49.6 Å². The predicted molar refractivity (Wildman–Crippen MR) is 108 cm³/mol. The highest BCUT2D eigenvalue weighted by atomic mass is 79.9. The van der Waals surface area contributed by atoms with Gasteiger partial charge in [0.05, 0.1) is 18.8 Å². The lowest BCUT2D eigenvalue weighted by Crippen LogP contribution is -2.33. The van der Waals surface area contributed by atoms with Crippen LogP contribution in [0.1, 0.15) is 18.2 Å². The number of halogens is 1. The zero-order valence-corrected chi connectivity index (χ0v) is 18.0. The predicted octanol–water partition coefficient (Wildman–Crippen LogP) is 2.77. The Balaban J connectivity index is 1.71. The van der Waals surface area contributed by atoms with E-state index in [1.165, 1.54) is 25.3 Å². The molecule has 30 heavy (non-hydrogen) atoms. The maximum atomic E-state index is 12.2. The van der Waals surface area contributed by atoms with Gasteiger partial charge in [0, 0.05) is 27.6 Å². The Morgan fingerprint density at radius 1 is 1.43 bits per heavy atom. The fourth-order valence-electron chi connectivity index (χ4n) is 2.85. The van der Waals surface area contributed by atoms with E-state index >= 15 is 0 Å². The zero-order chi connectivity index (χ0) is 21.9. The number of ether oxygens (including phenoxy) is 1. The van der Waals surface area contributed by atoms with Crippen molar-refractivity contribution >= 4 is 23.8 Å². The topological polar surface area (TPSA) is 169 Å². The average Bonchev–Trinajstić information content (AvgIpc) is 3.08. The van der Waals surface area contributed by atoms with E-state index in [-0.39, 0.29) is 12.2 Å². The molecule has 1 saturated heterocycles. The maximum Gasteiger partial charge on any atom is 0.527 e. The molecular weight excluding hydrogens is 485 g/mol. The van der Waals surface area contributed by atoms with Crippen molar-refractivity contribution in [3.8, 4) is 5.75 Å². The molecule has 14 heteroatoms. The van der Waals surface area contributed by atoms with E-state index in [2.05, 4.69) is 30.9 Å². The lowest BCUT2D eigenvalue weighted by atomic mass is 10.1. The molecule has 2 heterocycles. The third-order valence-corrected chi connectivity index (χ3v) is 5.74. The number of aromatic nitrogens is 2. The van der Waals surface area contributed by atoms with Crippen LogP contribution in [-0.2, 0) is 13.8 Å². The number of benzene rings is 1. The van der Waals surface area contributed by atoms with Crippen LogP contribution in [0.25, 0.3) is 10.4 Å². The number of hydrogen-bond acceptors (Lipinski definition) is 7. The summed E-state index contributed by atoms with van der Waals surface area (Å²) in [7, 11) is -4.49. The number of azide groups is 1. The zero-order valence-electron chi connectivity index (χ0n) is 15.5. The van der Waals surface area contributed by atoms with Gasteiger partial charge in [0.2, 0.25) is 0 Å². The van der Waals surface area contributed by atoms with E-state index in [1.54, 1.807) is 12.1 Å². The number of rotatable bonds is 7. The molecule has 0 radical (unpaired) electrons. The molecule has 1 aliphatic rings. The summed E-state index contributed by atoms with van der Waals surface area (Å²) >= 11 is 3.24. The molecule has 0 saturated carbocycles. The van der Waals surface area contributed by atoms with Crippen molar-refractivity contribution in [2.24, 2.45) is 5.11 Å². The number of aryl methyl sites for hydroxylation is 1. The van der Waals surface area contributed by atoms with Crippen molar-refractivity contribution in [3.05, 3.63) is 71.8 Å². The number of phosphoric acid groups is 1. The smallest absolute Gasteiger partial charge is 0.404 e. The van der Waals surface area contributed by atoms with E-state index in [0.29, 0.717) is 5.56 Å². The molecule has 1 fully saturated rings. The summed E-state index contributed by atoms with van der Waals surface area (Å²) in [4.78, 5) is 38.5. The highest BCUT2D eigenvalue weighted by Crippen LogP contribution is 2.45. The van der Waals surface area contributed by atoms with Crippen LogP contribution in [0.4, 0.5) is 0 Å². The lowest BCUT2D eigenvalue weighted by molar-refractivity contribution is -0.0263. The molecule has 160 valence electrons. The summed E-state index contributed by atoms with van der Waals surface area (Å²) in [6, 6.07) is 5.44. The normalized spacial score (nSPS) is 22.8. The van der Waals surface area contributed by atoms with Crippen molar-refractivity contribution in [2.45, 2.75) is 31.7 Å². The van der Waals surface area contributed by atoms with Crippen molar-refractivity contribution in [3.63, 3.8) is 0 Å². The number of nitrogens with zero attached hydrogens (tertiary/aromatic N) is 4. The molecule has 0 bridgehead atoms. The molecule has 1 aromatic carbocycles. The Morgan fingerprint density at radius 3 is 2.80 bits per heavy atom. The van der Waals surface area contributed by atoms with E-state index < -0.39 is 44.1 Å². The van der Waals surface area contributed by atoms with Gasteiger partial charge in [-0.25, -0.2) is 9.36 Å². The van der Waals surface area contributed by atoms with Crippen LogP contribution in [-0.4, -0.2) is 33.2 Å². The second kappa shape index (κ2) is 9.17. The summed E-state index contributed by atoms with van der Waals surface area (Å²) in [6.07, 6.45) is -0.343. The lowest BCUT2D eigenvalue weighted by Gasteiger charge is -2.19. The number of nitrogens with one attached hydrogen (secondary N) is 1. The molecule has 12 nitrogen and oxygen atoms in total. The minimum atomic E-state index is -4.49. The van der Waals surface area contributed by atoms with Gasteiger partial charge in [0.1, 0.15) is 12.0 Å². The van der Waals surface area contributed by atoms with Gasteiger partial charge in [0.15, 0.2) is 0 Å². The average molecular weight is 502 g/mol. The molecule has 2 aromatic rings. The molecule has 2 unspecified atom stereocenters.